The van der Waals surface area contributed by atoms with E-state index in [1.165, 1.54) is 6.07 Å². The first-order valence-corrected chi connectivity index (χ1v) is 4.47. The summed E-state index contributed by atoms with van der Waals surface area (Å²) in [6.45, 7) is -0.346. The Balaban J connectivity index is 0.00000225. The average molecular weight is 276 g/mol. The van der Waals surface area contributed by atoms with Crippen LogP contribution >= 0.6 is 24.0 Å². The molecule has 0 aromatic heterocycles. The van der Waals surface area contributed by atoms with Gasteiger partial charge in [0.1, 0.15) is 0 Å². The van der Waals surface area contributed by atoms with Crippen LogP contribution in [0.3, 0.4) is 0 Å². The van der Waals surface area contributed by atoms with Gasteiger partial charge in [0.25, 0.3) is 0 Å². The summed E-state index contributed by atoms with van der Waals surface area (Å²) >= 11 is 5.46. The maximum Gasteiger partial charge on any atom is 0.417 e. The van der Waals surface area contributed by atoms with Gasteiger partial charge in [-0.3, -0.25) is 0 Å². The van der Waals surface area contributed by atoms with Gasteiger partial charge in [-0.2, -0.15) is 13.2 Å². The number of alkyl halides is 3. The molecule has 3 N–H and O–H groups in total. The van der Waals surface area contributed by atoms with Crippen LogP contribution < -0.4 is 5.73 Å². The number of rotatable bonds is 2. The van der Waals surface area contributed by atoms with Crippen LogP contribution in [0, 0.1) is 0 Å². The summed E-state index contributed by atoms with van der Waals surface area (Å²) in [7, 11) is 0. The second-order valence-electron chi connectivity index (χ2n) is 3.03. The molecule has 0 saturated carbocycles. The first-order valence-electron chi connectivity index (χ1n) is 4.09. The molecular weight excluding hydrogens is 266 g/mol. The maximum atomic E-state index is 12.3. The van der Waals surface area contributed by atoms with Gasteiger partial charge in [0.15, 0.2) is 0 Å². The summed E-state index contributed by atoms with van der Waals surface area (Å²) in [6.07, 6.45) is -4.47. The topological polar surface area (TPSA) is 46.2 Å². The molecule has 0 bridgehead atoms. The molecule has 0 fully saturated rings. The molecule has 92 valence electrons. The fourth-order valence-electron chi connectivity index (χ4n) is 1.10. The highest BCUT2D eigenvalue weighted by molar-refractivity contribution is 6.31. The average Bonchev–Trinajstić information content (AvgIpc) is 2.14. The Kier molecular flexibility index (Phi) is 5.55. The lowest BCUT2D eigenvalue weighted by atomic mass is 10.1. The van der Waals surface area contributed by atoms with E-state index in [0.29, 0.717) is 5.56 Å². The van der Waals surface area contributed by atoms with Crippen molar-refractivity contribution in [2.45, 2.75) is 12.2 Å². The van der Waals surface area contributed by atoms with Crippen LogP contribution in [-0.2, 0) is 6.18 Å². The molecule has 1 rings (SSSR count). The van der Waals surface area contributed by atoms with Crippen molar-refractivity contribution in [3.8, 4) is 0 Å². The molecule has 0 radical (unpaired) electrons. The summed E-state index contributed by atoms with van der Waals surface area (Å²) in [5, 5.41) is 8.30. The Morgan fingerprint density at radius 3 is 2.31 bits per heavy atom. The summed E-state index contributed by atoms with van der Waals surface area (Å²) in [6, 6.07) is 2.46. The molecule has 0 amide bonds. The lowest BCUT2D eigenvalue weighted by Crippen LogP contribution is -2.15. The molecule has 16 heavy (non-hydrogen) atoms. The van der Waals surface area contributed by atoms with E-state index in [4.69, 9.17) is 22.4 Å². The van der Waals surface area contributed by atoms with E-state index >= 15 is 0 Å². The highest BCUT2D eigenvalue weighted by Gasteiger charge is 2.33. The van der Waals surface area contributed by atoms with Crippen LogP contribution in [0.1, 0.15) is 17.2 Å². The zero-order valence-corrected chi connectivity index (χ0v) is 9.53. The zero-order chi connectivity index (χ0) is 11.6. The fraction of sp³-hybridized carbons (Fsp3) is 0.333. The van der Waals surface area contributed by atoms with Gasteiger partial charge in [-0.25, -0.2) is 0 Å². The van der Waals surface area contributed by atoms with E-state index in [0.717, 1.165) is 12.1 Å². The van der Waals surface area contributed by atoms with Gasteiger partial charge in [-0.1, -0.05) is 17.7 Å². The molecule has 1 atom stereocenters. The quantitative estimate of drug-likeness (QED) is 0.872. The largest absolute Gasteiger partial charge is 0.417 e. The Bertz CT molecular complexity index is 357. The Labute approximate surface area is 102 Å². The second-order valence-corrected chi connectivity index (χ2v) is 3.43. The van der Waals surface area contributed by atoms with Crippen molar-refractivity contribution in [3.63, 3.8) is 0 Å². The number of nitrogens with two attached hydrogens (primary N) is 1. The van der Waals surface area contributed by atoms with Gasteiger partial charge in [-0.15, -0.1) is 12.4 Å². The second kappa shape index (κ2) is 5.72. The first kappa shape index (κ1) is 15.5. The van der Waals surface area contributed by atoms with Crippen LogP contribution in [-0.4, -0.2) is 11.7 Å². The molecule has 1 aromatic carbocycles. The van der Waals surface area contributed by atoms with Gasteiger partial charge >= 0.3 is 6.18 Å². The Morgan fingerprint density at radius 2 is 1.94 bits per heavy atom. The van der Waals surface area contributed by atoms with Crippen molar-refractivity contribution in [2.75, 3.05) is 6.61 Å². The normalized spacial score (nSPS) is 13.1. The number of hydrogen-bond donors (Lipinski definition) is 2. The van der Waals surface area contributed by atoms with Crippen molar-refractivity contribution < 1.29 is 18.3 Å². The van der Waals surface area contributed by atoms with Crippen molar-refractivity contribution in [1.29, 1.82) is 0 Å². The molecule has 0 aliphatic carbocycles. The van der Waals surface area contributed by atoms with E-state index < -0.39 is 22.8 Å². The first-order chi connectivity index (χ1) is 6.86. The SMILES string of the molecule is Cl.N[C@H](CO)c1ccc(C(F)(F)F)c(Cl)c1. The van der Waals surface area contributed by atoms with E-state index in [1.807, 2.05) is 0 Å². The molecule has 0 unspecified atom stereocenters. The van der Waals surface area contributed by atoms with Gasteiger partial charge < -0.3 is 10.8 Å². The summed E-state index contributed by atoms with van der Waals surface area (Å²) in [5.41, 5.74) is 4.90. The Hall–Kier alpha value is -0.490. The summed E-state index contributed by atoms with van der Waals surface area (Å²) in [5.74, 6) is 0. The van der Waals surface area contributed by atoms with Crippen LogP contribution in [0.2, 0.25) is 5.02 Å². The van der Waals surface area contributed by atoms with E-state index in [-0.39, 0.29) is 19.0 Å². The molecule has 0 heterocycles. The van der Waals surface area contributed by atoms with Gasteiger partial charge in [0.2, 0.25) is 0 Å². The number of benzene rings is 1. The maximum absolute atomic E-state index is 12.3. The van der Waals surface area contributed by atoms with Gasteiger partial charge in [0, 0.05) is 0 Å². The van der Waals surface area contributed by atoms with Crippen molar-refractivity contribution in [1.82, 2.24) is 0 Å². The highest BCUT2D eigenvalue weighted by Crippen LogP contribution is 2.35. The minimum absolute atomic E-state index is 0. The minimum Gasteiger partial charge on any atom is -0.394 e. The predicted molar refractivity (Wildman–Crippen MR) is 57.7 cm³/mol. The molecule has 1 aromatic rings. The van der Waals surface area contributed by atoms with Gasteiger partial charge in [-0.05, 0) is 17.7 Å². The monoisotopic (exact) mass is 275 g/mol. The van der Waals surface area contributed by atoms with Gasteiger partial charge in [0.05, 0.1) is 23.2 Å². The third-order valence-corrected chi connectivity index (χ3v) is 2.24. The molecular formula is C9H10Cl2F3NO. The summed E-state index contributed by atoms with van der Waals surface area (Å²) < 4.78 is 36.9. The minimum atomic E-state index is -4.47. The molecule has 0 saturated heterocycles. The molecule has 0 spiro atoms. The smallest absolute Gasteiger partial charge is 0.394 e. The number of halogens is 5. The van der Waals surface area contributed by atoms with E-state index in [1.54, 1.807) is 0 Å². The van der Waals surface area contributed by atoms with Crippen LogP contribution in [0.4, 0.5) is 13.2 Å². The van der Waals surface area contributed by atoms with Crippen molar-refractivity contribution >= 4 is 24.0 Å². The number of hydrogen-bond acceptors (Lipinski definition) is 2. The number of aliphatic hydroxyl groups excluding tert-OH is 1. The number of aliphatic hydroxyl groups is 1. The lowest BCUT2D eigenvalue weighted by Gasteiger charge is -2.13. The molecule has 0 aliphatic rings. The molecule has 7 heteroatoms. The zero-order valence-electron chi connectivity index (χ0n) is 7.96. The van der Waals surface area contributed by atoms with Crippen LogP contribution in [0.15, 0.2) is 18.2 Å². The van der Waals surface area contributed by atoms with Crippen LogP contribution in [0.25, 0.3) is 0 Å². The molecule has 2 nitrogen and oxygen atoms in total. The third-order valence-electron chi connectivity index (χ3n) is 1.92. The van der Waals surface area contributed by atoms with Crippen molar-refractivity contribution in [2.24, 2.45) is 5.73 Å². The predicted octanol–water partition coefficient (Wildman–Crippen LogP) is 2.77. The summed E-state index contributed by atoms with van der Waals surface area (Å²) in [4.78, 5) is 0. The fourth-order valence-corrected chi connectivity index (χ4v) is 1.39. The Morgan fingerprint density at radius 1 is 1.38 bits per heavy atom. The van der Waals surface area contributed by atoms with E-state index in [2.05, 4.69) is 0 Å². The lowest BCUT2D eigenvalue weighted by molar-refractivity contribution is -0.137. The molecule has 0 aliphatic heterocycles. The van der Waals surface area contributed by atoms with Crippen molar-refractivity contribution in [3.05, 3.63) is 34.3 Å². The van der Waals surface area contributed by atoms with Crippen LogP contribution in [0.5, 0.6) is 0 Å². The third kappa shape index (κ3) is 3.52. The highest BCUT2D eigenvalue weighted by atomic mass is 35.5. The standard InChI is InChI=1S/C9H9ClF3NO.ClH/c10-7-3-5(8(14)4-15)1-2-6(7)9(11,12)13;/h1-3,8,15H,4,14H2;1H/t8-;/m1./s1. The van der Waals surface area contributed by atoms with E-state index in [9.17, 15) is 13.2 Å².